The standard InChI is InChI=1S/C25H27N7O2S/c1-17-27-30-25(32(17)20-10-12-21(34-2)13-11-20)35-16-23(33)26-19-8-6-7-18(15-19)24-29-28-22-9-4-3-5-14-31(22)24/h6-8,10-13,15H,3-5,9,14,16H2,1-2H3,(H,26,33). The van der Waals surface area contributed by atoms with Gasteiger partial charge in [-0.1, -0.05) is 30.3 Å². The van der Waals surface area contributed by atoms with Crippen LogP contribution in [0.3, 0.4) is 0 Å². The summed E-state index contributed by atoms with van der Waals surface area (Å²) in [6.07, 6.45) is 4.45. The molecular weight excluding hydrogens is 462 g/mol. The maximum atomic E-state index is 12.8. The lowest BCUT2D eigenvalue weighted by molar-refractivity contribution is -0.113. The monoisotopic (exact) mass is 489 g/mol. The Morgan fingerprint density at radius 3 is 2.74 bits per heavy atom. The predicted octanol–water partition coefficient (Wildman–Crippen LogP) is 4.30. The van der Waals surface area contributed by atoms with E-state index in [1.54, 1.807) is 7.11 Å². The molecule has 0 unspecified atom stereocenters. The third-order valence-electron chi connectivity index (χ3n) is 5.97. The van der Waals surface area contributed by atoms with Crippen molar-refractivity contribution in [3.63, 3.8) is 0 Å². The zero-order chi connectivity index (χ0) is 24.2. The lowest BCUT2D eigenvalue weighted by Crippen LogP contribution is -2.14. The number of fused-ring (bicyclic) bond motifs is 1. The second-order valence-corrected chi connectivity index (χ2v) is 9.33. The highest BCUT2D eigenvalue weighted by Gasteiger charge is 2.17. The molecule has 0 radical (unpaired) electrons. The molecule has 2 aromatic carbocycles. The van der Waals surface area contributed by atoms with Gasteiger partial charge in [0, 0.05) is 29.9 Å². The number of nitrogens with one attached hydrogen (secondary N) is 1. The number of amides is 1. The van der Waals surface area contributed by atoms with Crippen LogP contribution in [-0.4, -0.2) is 48.3 Å². The van der Waals surface area contributed by atoms with Crippen LogP contribution >= 0.6 is 11.8 Å². The first-order valence-corrected chi connectivity index (χ1v) is 12.6. The molecule has 0 bridgehead atoms. The van der Waals surface area contributed by atoms with Gasteiger partial charge in [-0.3, -0.25) is 9.36 Å². The summed E-state index contributed by atoms with van der Waals surface area (Å²) >= 11 is 1.34. The number of hydrogen-bond acceptors (Lipinski definition) is 7. The number of methoxy groups -OCH3 is 1. The summed E-state index contributed by atoms with van der Waals surface area (Å²) in [6, 6.07) is 15.4. The van der Waals surface area contributed by atoms with Gasteiger partial charge in [0.1, 0.15) is 17.4 Å². The van der Waals surface area contributed by atoms with E-state index in [0.29, 0.717) is 5.16 Å². The molecule has 0 atom stereocenters. The van der Waals surface area contributed by atoms with Crippen molar-refractivity contribution in [3.8, 4) is 22.8 Å². The van der Waals surface area contributed by atoms with Crippen molar-refractivity contribution in [1.29, 1.82) is 0 Å². The number of benzene rings is 2. The Morgan fingerprint density at radius 1 is 1.06 bits per heavy atom. The molecule has 1 aliphatic rings. The minimum atomic E-state index is -0.117. The van der Waals surface area contributed by atoms with Crippen LogP contribution in [0.2, 0.25) is 0 Å². The summed E-state index contributed by atoms with van der Waals surface area (Å²) < 4.78 is 9.37. The molecule has 1 amide bonds. The van der Waals surface area contributed by atoms with Gasteiger partial charge in [-0.25, -0.2) is 0 Å². The molecule has 5 rings (SSSR count). The van der Waals surface area contributed by atoms with Crippen LogP contribution < -0.4 is 10.1 Å². The highest BCUT2D eigenvalue weighted by atomic mass is 32.2. The number of ether oxygens (including phenoxy) is 1. The summed E-state index contributed by atoms with van der Waals surface area (Å²) in [5, 5.41) is 20.9. The first-order valence-electron chi connectivity index (χ1n) is 11.6. The zero-order valence-corrected chi connectivity index (χ0v) is 20.6. The topological polar surface area (TPSA) is 99.8 Å². The van der Waals surface area contributed by atoms with Gasteiger partial charge in [0.05, 0.1) is 12.9 Å². The number of carbonyl (C=O) groups is 1. The van der Waals surface area contributed by atoms with Gasteiger partial charge >= 0.3 is 0 Å². The molecule has 0 saturated heterocycles. The van der Waals surface area contributed by atoms with E-state index in [4.69, 9.17) is 4.74 Å². The molecular formula is C25H27N7O2S. The summed E-state index contributed by atoms with van der Waals surface area (Å²) in [5.41, 5.74) is 2.59. The minimum Gasteiger partial charge on any atom is -0.497 e. The van der Waals surface area contributed by atoms with Crippen LogP contribution in [0.15, 0.2) is 53.7 Å². The molecule has 0 spiro atoms. The quantitative estimate of drug-likeness (QED) is 0.386. The van der Waals surface area contributed by atoms with E-state index in [1.165, 1.54) is 18.2 Å². The van der Waals surface area contributed by atoms with Gasteiger partial charge in [-0.15, -0.1) is 20.4 Å². The third-order valence-corrected chi connectivity index (χ3v) is 6.90. The molecule has 1 N–H and O–H groups in total. The van der Waals surface area contributed by atoms with Crippen molar-refractivity contribution in [1.82, 2.24) is 29.5 Å². The molecule has 3 heterocycles. The Kier molecular flexibility index (Phi) is 6.80. The van der Waals surface area contributed by atoms with Crippen molar-refractivity contribution in [3.05, 3.63) is 60.2 Å². The highest BCUT2D eigenvalue weighted by molar-refractivity contribution is 7.99. The molecule has 1 aliphatic heterocycles. The van der Waals surface area contributed by atoms with Gasteiger partial charge < -0.3 is 14.6 Å². The maximum Gasteiger partial charge on any atom is 0.234 e. The fourth-order valence-electron chi connectivity index (χ4n) is 4.23. The van der Waals surface area contributed by atoms with Crippen molar-refractivity contribution in [2.24, 2.45) is 0 Å². The smallest absolute Gasteiger partial charge is 0.234 e. The number of aryl methyl sites for hydroxylation is 2. The highest BCUT2D eigenvalue weighted by Crippen LogP contribution is 2.26. The van der Waals surface area contributed by atoms with Gasteiger partial charge in [0.15, 0.2) is 11.0 Å². The number of hydrogen-bond donors (Lipinski definition) is 1. The molecule has 0 aliphatic carbocycles. The van der Waals surface area contributed by atoms with Crippen LogP contribution in [0.5, 0.6) is 5.75 Å². The van der Waals surface area contributed by atoms with Crippen molar-refractivity contribution >= 4 is 23.4 Å². The van der Waals surface area contributed by atoms with Gasteiger partial charge in [-0.05, 0) is 56.2 Å². The Morgan fingerprint density at radius 2 is 1.91 bits per heavy atom. The number of anilines is 1. The second kappa shape index (κ2) is 10.3. The Balaban J connectivity index is 1.26. The van der Waals surface area contributed by atoms with E-state index in [9.17, 15) is 4.79 Å². The van der Waals surface area contributed by atoms with Crippen LogP contribution in [0.1, 0.15) is 30.9 Å². The number of nitrogens with zero attached hydrogens (tertiary/aromatic N) is 6. The fourth-order valence-corrected chi connectivity index (χ4v) is 5.02. The molecule has 35 heavy (non-hydrogen) atoms. The van der Waals surface area contributed by atoms with Gasteiger partial charge in [-0.2, -0.15) is 0 Å². The molecule has 0 fully saturated rings. The van der Waals surface area contributed by atoms with E-state index in [1.807, 2.05) is 60.0 Å². The van der Waals surface area contributed by atoms with E-state index in [-0.39, 0.29) is 11.7 Å². The predicted molar refractivity (Wildman–Crippen MR) is 135 cm³/mol. The van der Waals surface area contributed by atoms with Crippen molar-refractivity contribution in [2.75, 3.05) is 18.2 Å². The number of aromatic nitrogens is 6. The largest absolute Gasteiger partial charge is 0.497 e. The van der Waals surface area contributed by atoms with Gasteiger partial charge in [0.2, 0.25) is 5.91 Å². The molecule has 10 heteroatoms. The summed E-state index contributed by atoms with van der Waals surface area (Å²) in [6.45, 7) is 2.82. The Bertz CT molecular complexity index is 1330. The molecule has 9 nitrogen and oxygen atoms in total. The van der Waals surface area contributed by atoms with Crippen LogP contribution in [0.25, 0.3) is 17.1 Å². The SMILES string of the molecule is COc1ccc(-n2c(C)nnc2SCC(=O)Nc2cccc(-c3nnc4n3CCCCC4)c2)cc1. The summed E-state index contributed by atoms with van der Waals surface area (Å²) in [7, 11) is 1.63. The average molecular weight is 490 g/mol. The lowest BCUT2D eigenvalue weighted by atomic mass is 10.2. The van der Waals surface area contributed by atoms with Crippen molar-refractivity contribution in [2.45, 2.75) is 44.3 Å². The first kappa shape index (κ1) is 23.1. The van der Waals surface area contributed by atoms with E-state index in [2.05, 4.69) is 30.3 Å². The fraction of sp³-hybridized carbons (Fsp3) is 0.320. The second-order valence-electron chi connectivity index (χ2n) is 8.38. The minimum absolute atomic E-state index is 0.117. The number of carbonyl (C=O) groups excluding carboxylic acids is 1. The van der Waals surface area contributed by atoms with E-state index >= 15 is 0 Å². The van der Waals surface area contributed by atoms with E-state index in [0.717, 1.165) is 66.0 Å². The van der Waals surface area contributed by atoms with Crippen LogP contribution in [0.4, 0.5) is 5.69 Å². The summed E-state index contributed by atoms with van der Waals surface area (Å²) in [4.78, 5) is 12.8. The first-order chi connectivity index (χ1) is 17.1. The molecule has 2 aromatic heterocycles. The lowest BCUT2D eigenvalue weighted by Gasteiger charge is -2.10. The molecule has 4 aromatic rings. The van der Waals surface area contributed by atoms with Crippen LogP contribution in [0, 0.1) is 6.92 Å². The Labute approximate surface area is 207 Å². The van der Waals surface area contributed by atoms with Crippen LogP contribution in [-0.2, 0) is 17.8 Å². The average Bonchev–Trinajstić information content (AvgIpc) is 3.37. The zero-order valence-electron chi connectivity index (χ0n) is 19.8. The maximum absolute atomic E-state index is 12.8. The number of thioether (sulfide) groups is 1. The normalized spacial score (nSPS) is 13.2. The molecule has 180 valence electrons. The summed E-state index contributed by atoms with van der Waals surface area (Å²) in [5.74, 6) is 3.51. The molecule has 0 saturated carbocycles. The Hall–Kier alpha value is -3.66. The van der Waals surface area contributed by atoms with Crippen molar-refractivity contribution < 1.29 is 9.53 Å². The number of rotatable bonds is 7. The van der Waals surface area contributed by atoms with E-state index < -0.39 is 0 Å². The third kappa shape index (κ3) is 5.07. The van der Waals surface area contributed by atoms with Gasteiger partial charge in [0.25, 0.3) is 0 Å².